The van der Waals surface area contributed by atoms with Gasteiger partial charge in [0.15, 0.2) is 11.5 Å². The molecule has 2 rings (SSSR count). The Hall–Kier alpha value is -1.79. The first kappa shape index (κ1) is 17.6. The summed E-state index contributed by atoms with van der Waals surface area (Å²) in [6.45, 7) is 8.38. The minimum Gasteiger partial charge on any atom is -0.486 e. The van der Waals surface area contributed by atoms with Crippen LogP contribution in [0.25, 0.3) is 0 Å². The van der Waals surface area contributed by atoms with Crippen LogP contribution in [0.3, 0.4) is 0 Å². The van der Waals surface area contributed by atoms with Gasteiger partial charge in [0.05, 0.1) is 12.1 Å². The van der Waals surface area contributed by atoms with Crippen molar-refractivity contribution in [1.82, 2.24) is 5.32 Å². The topological polar surface area (TPSA) is 68.8 Å². The molecule has 0 aromatic heterocycles. The zero-order valence-corrected chi connectivity index (χ0v) is 14.1. The molecule has 1 amide bonds. The highest BCUT2D eigenvalue weighted by molar-refractivity contribution is 5.94. The third-order valence-corrected chi connectivity index (χ3v) is 3.43. The van der Waals surface area contributed by atoms with Crippen LogP contribution in [-0.2, 0) is 9.53 Å². The largest absolute Gasteiger partial charge is 0.486 e. The SMILES string of the molecule is CC(C)OCCCNC(C)C(=O)Nc1ccc2c(c1)OCCO2. The zero-order chi connectivity index (χ0) is 16.7. The van der Waals surface area contributed by atoms with E-state index in [2.05, 4.69) is 10.6 Å². The highest BCUT2D eigenvalue weighted by Crippen LogP contribution is 2.32. The second-order valence-corrected chi connectivity index (χ2v) is 5.80. The fourth-order valence-corrected chi connectivity index (χ4v) is 2.17. The van der Waals surface area contributed by atoms with Crippen molar-refractivity contribution >= 4 is 11.6 Å². The first-order valence-electron chi connectivity index (χ1n) is 8.12. The van der Waals surface area contributed by atoms with Gasteiger partial charge in [-0.15, -0.1) is 0 Å². The van der Waals surface area contributed by atoms with Gasteiger partial charge in [-0.05, 0) is 45.9 Å². The fourth-order valence-electron chi connectivity index (χ4n) is 2.17. The Bertz CT molecular complexity index is 519. The molecule has 6 heteroatoms. The summed E-state index contributed by atoms with van der Waals surface area (Å²) < 4.78 is 16.4. The van der Waals surface area contributed by atoms with Crippen LogP contribution >= 0.6 is 0 Å². The Morgan fingerprint density at radius 1 is 1.22 bits per heavy atom. The predicted octanol–water partition coefficient (Wildman–Crippen LogP) is 2.19. The Morgan fingerprint density at radius 2 is 1.96 bits per heavy atom. The van der Waals surface area contributed by atoms with Crippen LogP contribution in [0.2, 0.25) is 0 Å². The van der Waals surface area contributed by atoms with Crippen LogP contribution < -0.4 is 20.1 Å². The van der Waals surface area contributed by atoms with Gasteiger partial charge in [0.1, 0.15) is 13.2 Å². The molecule has 1 heterocycles. The first-order valence-corrected chi connectivity index (χ1v) is 8.12. The molecule has 1 aromatic rings. The molecule has 0 aliphatic carbocycles. The second kappa shape index (κ2) is 8.74. The molecule has 0 bridgehead atoms. The second-order valence-electron chi connectivity index (χ2n) is 5.80. The van der Waals surface area contributed by atoms with Crippen LogP contribution in [0.4, 0.5) is 5.69 Å². The van der Waals surface area contributed by atoms with Crippen molar-refractivity contribution in [3.8, 4) is 11.5 Å². The predicted molar refractivity (Wildman–Crippen MR) is 89.2 cm³/mol. The Kier molecular flexibility index (Phi) is 6.67. The summed E-state index contributed by atoms with van der Waals surface area (Å²) >= 11 is 0. The molecule has 0 spiro atoms. The van der Waals surface area contributed by atoms with E-state index in [0.717, 1.165) is 13.0 Å². The molecule has 0 saturated carbocycles. The molecule has 0 radical (unpaired) electrons. The molecule has 1 atom stereocenters. The number of rotatable bonds is 8. The summed E-state index contributed by atoms with van der Waals surface area (Å²) in [4.78, 5) is 12.2. The van der Waals surface area contributed by atoms with Gasteiger partial charge in [-0.3, -0.25) is 4.79 Å². The van der Waals surface area contributed by atoms with E-state index in [0.29, 0.717) is 37.0 Å². The maximum Gasteiger partial charge on any atom is 0.241 e. The zero-order valence-electron chi connectivity index (χ0n) is 14.1. The number of benzene rings is 1. The number of carbonyl (C=O) groups is 1. The van der Waals surface area contributed by atoms with Gasteiger partial charge in [-0.25, -0.2) is 0 Å². The van der Waals surface area contributed by atoms with Crippen molar-refractivity contribution in [2.45, 2.75) is 39.3 Å². The molecule has 23 heavy (non-hydrogen) atoms. The quantitative estimate of drug-likeness (QED) is 0.718. The molecule has 0 saturated heterocycles. The third kappa shape index (κ3) is 5.73. The number of hydrogen-bond donors (Lipinski definition) is 2. The number of nitrogens with one attached hydrogen (secondary N) is 2. The smallest absolute Gasteiger partial charge is 0.241 e. The lowest BCUT2D eigenvalue weighted by Crippen LogP contribution is -2.38. The van der Waals surface area contributed by atoms with Gasteiger partial charge in [0, 0.05) is 18.4 Å². The summed E-state index contributed by atoms with van der Waals surface area (Å²) in [7, 11) is 0. The van der Waals surface area contributed by atoms with Gasteiger partial charge in [0.25, 0.3) is 0 Å². The molecule has 1 aliphatic heterocycles. The van der Waals surface area contributed by atoms with Crippen molar-refractivity contribution in [3.63, 3.8) is 0 Å². The lowest BCUT2D eigenvalue weighted by Gasteiger charge is -2.19. The molecular weight excluding hydrogens is 296 g/mol. The molecule has 1 aliphatic rings. The van der Waals surface area contributed by atoms with Gasteiger partial charge in [-0.1, -0.05) is 0 Å². The van der Waals surface area contributed by atoms with Gasteiger partial charge in [-0.2, -0.15) is 0 Å². The Balaban J connectivity index is 1.75. The van der Waals surface area contributed by atoms with Gasteiger partial charge in [0.2, 0.25) is 5.91 Å². The normalized spacial score (nSPS) is 14.6. The van der Waals surface area contributed by atoms with E-state index in [4.69, 9.17) is 14.2 Å². The number of anilines is 1. The van der Waals surface area contributed by atoms with E-state index < -0.39 is 0 Å². The van der Waals surface area contributed by atoms with Gasteiger partial charge < -0.3 is 24.8 Å². The van der Waals surface area contributed by atoms with Crippen LogP contribution in [0.5, 0.6) is 11.5 Å². The highest BCUT2D eigenvalue weighted by Gasteiger charge is 2.15. The summed E-state index contributed by atoms with van der Waals surface area (Å²) in [5.74, 6) is 1.30. The van der Waals surface area contributed by atoms with Crippen LogP contribution in [-0.4, -0.2) is 44.4 Å². The van der Waals surface area contributed by atoms with Crippen LogP contribution in [0, 0.1) is 0 Å². The molecule has 0 fully saturated rings. The lowest BCUT2D eigenvalue weighted by atomic mass is 10.2. The summed E-state index contributed by atoms with van der Waals surface area (Å²) in [5.41, 5.74) is 0.705. The standard InChI is InChI=1S/C17H26N2O4/c1-12(2)21-8-4-7-18-13(3)17(20)19-14-5-6-15-16(11-14)23-10-9-22-15/h5-6,11-13,18H,4,7-10H2,1-3H3,(H,19,20). The maximum absolute atomic E-state index is 12.2. The molecule has 128 valence electrons. The fraction of sp³-hybridized carbons (Fsp3) is 0.588. The van der Waals surface area contributed by atoms with Crippen LogP contribution in [0.1, 0.15) is 27.2 Å². The minimum absolute atomic E-state index is 0.0774. The Morgan fingerprint density at radius 3 is 2.70 bits per heavy atom. The van der Waals surface area contributed by atoms with E-state index in [9.17, 15) is 4.79 Å². The lowest BCUT2D eigenvalue weighted by molar-refractivity contribution is -0.117. The number of ether oxygens (including phenoxy) is 3. The maximum atomic E-state index is 12.2. The summed E-state index contributed by atoms with van der Waals surface area (Å²) in [6, 6.07) is 5.14. The van der Waals surface area contributed by atoms with Crippen molar-refractivity contribution in [2.75, 3.05) is 31.7 Å². The van der Waals surface area contributed by atoms with E-state index in [-0.39, 0.29) is 18.1 Å². The van der Waals surface area contributed by atoms with Crippen molar-refractivity contribution in [2.24, 2.45) is 0 Å². The Labute approximate surface area is 137 Å². The summed E-state index contributed by atoms with van der Waals surface area (Å²) in [5, 5.41) is 6.07. The van der Waals surface area contributed by atoms with Crippen LogP contribution in [0.15, 0.2) is 18.2 Å². The van der Waals surface area contributed by atoms with Crippen molar-refractivity contribution in [3.05, 3.63) is 18.2 Å². The third-order valence-electron chi connectivity index (χ3n) is 3.43. The average Bonchev–Trinajstić information content (AvgIpc) is 2.54. The number of carbonyl (C=O) groups excluding carboxylic acids is 1. The van der Waals surface area contributed by atoms with Crippen molar-refractivity contribution in [1.29, 1.82) is 0 Å². The van der Waals surface area contributed by atoms with E-state index in [1.54, 1.807) is 6.07 Å². The summed E-state index contributed by atoms with van der Waals surface area (Å²) in [6.07, 6.45) is 1.12. The number of amides is 1. The number of fused-ring (bicyclic) bond motifs is 1. The number of hydrogen-bond acceptors (Lipinski definition) is 5. The average molecular weight is 322 g/mol. The molecular formula is C17H26N2O4. The first-order chi connectivity index (χ1) is 11.1. The highest BCUT2D eigenvalue weighted by atomic mass is 16.6. The minimum atomic E-state index is -0.276. The van der Waals surface area contributed by atoms with E-state index in [1.807, 2.05) is 32.9 Å². The van der Waals surface area contributed by atoms with Crippen molar-refractivity contribution < 1.29 is 19.0 Å². The molecule has 6 nitrogen and oxygen atoms in total. The van der Waals surface area contributed by atoms with Gasteiger partial charge >= 0.3 is 0 Å². The molecule has 2 N–H and O–H groups in total. The monoisotopic (exact) mass is 322 g/mol. The van der Waals surface area contributed by atoms with E-state index in [1.165, 1.54) is 0 Å². The van der Waals surface area contributed by atoms with E-state index >= 15 is 0 Å². The molecule has 1 aromatic carbocycles. The molecule has 1 unspecified atom stereocenters.